The van der Waals surface area contributed by atoms with Gasteiger partial charge >= 0.3 is 0 Å². The van der Waals surface area contributed by atoms with E-state index in [1.807, 2.05) is 31.6 Å². The zero-order valence-electron chi connectivity index (χ0n) is 18.3. The second-order valence-corrected chi connectivity index (χ2v) is 6.65. The summed E-state index contributed by atoms with van der Waals surface area (Å²) in [4.78, 5) is 4.31. The van der Waals surface area contributed by atoms with E-state index < -0.39 is 0 Å². The van der Waals surface area contributed by atoms with Crippen LogP contribution in [-0.2, 0) is 20.0 Å². The average molecular weight is 515 g/mol. The van der Waals surface area contributed by atoms with Crippen LogP contribution < -0.4 is 20.1 Å². The zero-order valence-corrected chi connectivity index (χ0v) is 20.7. The molecule has 0 saturated carbocycles. The van der Waals surface area contributed by atoms with E-state index >= 15 is 0 Å². The van der Waals surface area contributed by atoms with Gasteiger partial charge in [0.15, 0.2) is 17.5 Å². The maximum atomic E-state index is 5.65. The second-order valence-electron chi connectivity index (χ2n) is 6.65. The predicted molar refractivity (Wildman–Crippen MR) is 129 cm³/mol. The number of guanidine groups is 1. The number of aliphatic imine (C=N–C) groups is 1. The van der Waals surface area contributed by atoms with E-state index in [1.54, 1.807) is 14.2 Å². The number of aryl methyl sites for hydroxylation is 3. The highest BCUT2D eigenvalue weighted by Crippen LogP contribution is 2.28. The Bertz CT molecular complexity index is 805. The fourth-order valence-corrected chi connectivity index (χ4v) is 3.11. The maximum Gasteiger partial charge on any atom is 0.191 e. The van der Waals surface area contributed by atoms with Crippen LogP contribution in [0, 0.1) is 13.8 Å². The molecule has 29 heavy (non-hydrogen) atoms. The van der Waals surface area contributed by atoms with Crippen molar-refractivity contribution < 1.29 is 9.47 Å². The third-order valence-electron chi connectivity index (χ3n) is 4.78. The summed E-state index contributed by atoms with van der Waals surface area (Å²) in [5.74, 6) is 2.37. The van der Waals surface area contributed by atoms with Crippen LogP contribution in [0.5, 0.6) is 11.5 Å². The molecule has 0 saturated heterocycles. The smallest absolute Gasteiger partial charge is 0.191 e. The van der Waals surface area contributed by atoms with Gasteiger partial charge in [0.2, 0.25) is 0 Å². The van der Waals surface area contributed by atoms with Crippen molar-refractivity contribution in [3.63, 3.8) is 0 Å². The number of benzene rings is 1. The summed E-state index contributed by atoms with van der Waals surface area (Å²) < 4.78 is 12.9. The summed E-state index contributed by atoms with van der Waals surface area (Å²) in [6.45, 7) is 8.26. The van der Waals surface area contributed by atoms with Gasteiger partial charge in [-0.3, -0.25) is 9.67 Å². The first-order valence-electron chi connectivity index (χ1n) is 9.73. The Hall–Kier alpha value is -1.97. The molecule has 1 aromatic carbocycles. The number of methoxy groups -OCH3 is 1. The van der Waals surface area contributed by atoms with Crippen molar-refractivity contribution in [1.29, 1.82) is 0 Å². The molecule has 162 valence electrons. The van der Waals surface area contributed by atoms with E-state index in [2.05, 4.69) is 39.8 Å². The molecule has 0 aliphatic heterocycles. The summed E-state index contributed by atoms with van der Waals surface area (Å²) >= 11 is 0. The Morgan fingerprint density at radius 1 is 1.21 bits per heavy atom. The standard InChI is InChI=1S/C21H33N5O2.HI/c1-7-28-20-13-17(10-11-19(20)27-6)9-8-12-23-21(22-4)24-14-18-15(2)25-26(5)16(18)3;/h10-11,13H,7-9,12,14H2,1-6H3,(H2,22,23,24);1H. The summed E-state index contributed by atoms with van der Waals surface area (Å²) in [6, 6.07) is 6.11. The third-order valence-corrected chi connectivity index (χ3v) is 4.78. The molecular weight excluding hydrogens is 481 g/mol. The van der Waals surface area contributed by atoms with Gasteiger partial charge in [-0.05, 0) is 51.3 Å². The molecule has 0 aliphatic rings. The van der Waals surface area contributed by atoms with Crippen LogP contribution in [0.3, 0.4) is 0 Å². The highest BCUT2D eigenvalue weighted by atomic mass is 127. The molecule has 2 aromatic rings. The van der Waals surface area contributed by atoms with Crippen molar-refractivity contribution in [2.75, 3.05) is 27.3 Å². The Labute approximate surface area is 191 Å². The first kappa shape index (κ1) is 25.1. The summed E-state index contributed by atoms with van der Waals surface area (Å²) in [7, 11) is 5.42. The van der Waals surface area contributed by atoms with Crippen LogP contribution in [0.4, 0.5) is 0 Å². The lowest BCUT2D eigenvalue weighted by Gasteiger charge is -2.13. The van der Waals surface area contributed by atoms with Gasteiger partial charge in [-0.25, -0.2) is 0 Å². The molecule has 7 nitrogen and oxygen atoms in total. The van der Waals surface area contributed by atoms with E-state index in [-0.39, 0.29) is 24.0 Å². The maximum absolute atomic E-state index is 5.65. The lowest BCUT2D eigenvalue weighted by atomic mass is 10.1. The van der Waals surface area contributed by atoms with Crippen molar-refractivity contribution >= 4 is 29.9 Å². The second kappa shape index (κ2) is 12.6. The highest BCUT2D eigenvalue weighted by molar-refractivity contribution is 14.0. The SMILES string of the molecule is CCOc1cc(CCCNC(=NC)NCc2c(C)nn(C)c2C)ccc1OC.I. The molecule has 0 bridgehead atoms. The lowest BCUT2D eigenvalue weighted by molar-refractivity contribution is 0.310. The zero-order chi connectivity index (χ0) is 20.5. The number of halogens is 1. The number of hydrogen-bond acceptors (Lipinski definition) is 4. The summed E-state index contributed by atoms with van der Waals surface area (Å²) in [6.07, 6.45) is 1.94. The quantitative estimate of drug-likeness (QED) is 0.232. The molecule has 0 spiro atoms. The number of hydrogen-bond donors (Lipinski definition) is 2. The molecule has 2 rings (SSSR count). The topological polar surface area (TPSA) is 72.7 Å². The number of rotatable bonds is 9. The van der Waals surface area contributed by atoms with Gasteiger partial charge in [-0.1, -0.05) is 6.07 Å². The monoisotopic (exact) mass is 515 g/mol. The van der Waals surface area contributed by atoms with Crippen molar-refractivity contribution in [2.45, 2.75) is 40.2 Å². The largest absolute Gasteiger partial charge is 0.493 e. The molecular formula is C21H34IN5O2. The summed E-state index contributed by atoms with van der Waals surface area (Å²) in [5.41, 5.74) is 4.67. The molecule has 0 radical (unpaired) electrons. The van der Waals surface area contributed by atoms with E-state index in [9.17, 15) is 0 Å². The molecule has 1 aromatic heterocycles. The van der Waals surface area contributed by atoms with Gasteiger partial charge in [0, 0.05) is 38.4 Å². The fraction of sp³-hybridized carbons (Fsp3) is 0.524. The minimum absolute atomic E-state index is 0. The van der Waals surface area contributed by atoms with Gasteiger partial charge in [0.1, 0.15) is 0 Å². The first-order chi connectivity index (χ1) is 13.5. The molecule has 0 amide bonds. The van der Waals surface area contributed by atoms with Gasteiger partial charge in [0.05, 0.1) is 19.4 Å². The van der Waals surface area contributed by atoms with Crippen LogP contribution in [0.15, 0.2) is 23.2 Å². The Morgan fingerprint density at radius 2 is 1.97 bits per heavy atom. The van der Waals surface area contributed by atoms with Gasteiger partial charge in [-0.15, -0.1) is 24.0 Å². The van der Waals surface area contributed by atoms with Crippen LogP contribution >= 0.6 is 24.0 Å². The number of nitrogens with one attached hydrogen (secondary N) is 2. The molecule has 0 unspecified atom stereocenters. The Balaban J connectivity index is 0.00000420. The molecule has 0 aliphatic carbocycles. The summed E-state index contributed by atoms with van der Waals surface area (Å²) in [5, 5.41) is 11.2. The van der Waals surface area contributed by atoms with Crippen LogP contribution in [0.25, 0.3) is 0 Å². The normalized spacial score (nSPS) is 11.0. The van der Waals surface area contributed by atoms with Gasteiger partial charge in [0.25, 0.3) is 0 Å². The van der Waals surface area contributed by atoms with Crippen molar-refractivity contribution in [2.24, 2.45) is 12.0 Å². The van der Waals surface area contributed by atoms with E-state index in [0.29, 0.717) is 13.2 Å². The molecule has 0 atom stereocenters. The van der Waals surface area contributed by atoms with E-state index in [1.165, 1.54) is 16.8 Å². The average Bonchev–Trinajstić information content (AvgIpc) is 2.93. The molecule has 8 heteroatoms. The van der Waals surface area contributed by atoms with Crippen molar-refractivity contribution in [3.8, 4) is 11.5 Å². The number of aromatic nitrogens is 2. The minimum atomic E-state index is 0. The van der Waals surface area contributed by atoms with Crippen LogP contribution in [0.2, 0.25) is 0 Å². The van der Waals surface area contributed by atoms with Crippen LogP contribution in [0.1, 0.15) is 35.9 Å². The highest BCUT2D eigenvalue weighted by Gasteiger charge is 2.10. The van der Waals surface area contributed by atoms with Gasteiger partial charge < -0.3 is 20.1 Å². The van der Waals surface area contributed by atoms with E-state index in [0.717, 1.165) is 42.5 Å². The van der Waals surface area contributed by atoms with Gasteiger partial charge in [-0.2, -0.15) is 5.10 Å². The molecule has 1 heterocycles. The van der Waals surface area contributed by atoms with Crippen LogP contribution in [-0.4, -0.2) is 43.0 Å². The Kier molecular flexibility index (Phi) is 10.9. The predicted octanol–water partition coefficient (Wildman–Crippen LogP) is 3.36. The first-order valence-corrected chi connectivity index (χ1v) is 9.73. The number of nitrogens with zero attached hydrogens (tertiary/aromatic N) is 3. The van der Waals surface area contributed by atoms with Crippen molar-refractivity contribution in [3.05, 3.63) is 40.7 Å². The molecule has 0 fully saturated rings. The lowest BCUT2D eigenvalue weighted by Crippen LogP contribution is -2.37. The third kappa shape index (κ3) is 7.09. The minimum Gasteiger partial charge on any atom is -0.493 e. The molecule has 2 N–H and O–H groups in total. The number of ether oxygens (including phenoxy) is 2. The van der Waals surface area contributed by atoms with Crippen molar-refractivity contribution in [1.82, 2.24) is 20.4 Å². The Morgan fingerprint density at radius 3 is 2.55 bits per heavy atom. The van der Waals surface area contributed by atoms with E-state index in [4.69, 9.17) is 9.47 Å². The fourth-order valence-electron chi connectivity index (χ4n) is 3.11.